The number of hydrogen-bond acceptors (Lipinski definition) is 5. The smallest absolute Gasteiger partial charge is 0.124 e. The number of carbonyl (C=O) groups is 1. The monoisotopic (exact) mass is 373 g/mol. The first-order valence-electron chi connectivity index (χ1n) is 9.07. The van der Waals surface area contributed by atoms with Gasteiger partial charge in [-0.15, -0.1) is 0 Å². The fourth-order valence-electron chi connectivity index (χ4n) is 3.25. The third-order valence-corrected chi connectivity index (χ3v) is 4.71. The molecule has 0 aliphatic rings. The number of pyridine rings is 1. The molecular formula is C23H23N3O2. The number of rotatable bonds is 8. The fourth-order valence-corrected chi connectivity index (χ4v) is 3.25. The lowest BCUT2D eigenvalue weighted by Gasteiger charge is -2.17. The van der Waals surface area contributed by atoms with E-state index in [-0.39, 0.29) is 5.92 Å². The second-order valence-corrected chi connectivity index (χ2v) is 6.65. The molecular weight excluding hydrogens is 350 g/mol. The van der Waals surface area contributed by atoms with Gasteiger partial charge in [0.2, 0.25) is 0 Å². The first-order chi connectivity index (χ1) is 13.6. The van der Waals surface area contributed by atoms with Gasteiger partial charge in [0.15, 0.2) is 0 Å². The molecule has 0 saturated heterocycles. The predicted molar refractivity (Wildman–Crippen MR) is 111 cm³/mol. The van der Waals surface area contributed by atoms with E-state index in [0.29, 0.717) is 35.6 Å². The summed E-state index contributed by atoms with van der Waals surface area (Å²) in [6.07, 6.45) is 5.43. The maximum Gasteiger partial charge on any atom is 0.124 e. The van der Waals surface area contributed by atoms with E-state index in [0.717, 1.165) is 23.0 Å². The Bertz CT molecular complexity index is 956. The number of aromatic nitrogens is 1. The van der Waals surface area contributed by atoms with Gasteiger partial charge in [0, 0.05) is 41.2 Å². The molecule has 1 unspecified atom stereocenters. The van der Waals surface area contributed by atoms with Crippen molar-refractivity contribution in [2.24, 2.45) is 5.92 Å². The van der Waals surface area contributed by atoms with E-state index in [9.17, 15) is 4.79 Å². The zero-order valence-electron chi connectivity index (χ0n) is 15.8. The Labute approximate surface area is 164 Å². The highest BCUT2D eigenvalue weighted by atomic mass is 16.5. The Hall–Kier alpha value is -3.47. The van der Waals surface area contributed by atoms with Gasteiger partial charge >= 0.3 is 0 Å². The number of carbonyl (C=O) groups excluding carboxylic acids is 1. The molecule has 3 rings (SSSR count). The molecule has 0 fully saturated rings. The number of nitrogens with zero attached hydrogens (tertiary/aromatic N) is 1. The van der Waals surface area contributed by atoms with Crippen LogP contribution in [0.2, 0.25) is 0 Å². The zero-order valence-corrected chi connectivity index (χ0v) is 15.8. The number of nitrogens with two attached hydrogens (primary N) is 1. The SMILES string of the molecule is COc1cc(N)c(C(=N)c2ccncc2)cc1CC(C=O)Cc1ccccc1. The summed E-state index contributed by atoms with van der Waals surface area (Å²) in [5, 5.41) is 8.52. The molecule has 3 aromatic rings. The summed E-state index contributed by atoms with van der Waals surface area (Å²) < 4.78 is 5.49. The minimum Gasteiger partial charge on any atom is -0.496 e. The van der Waals surface area contributed by atoms with Gasteiger partial charge in [0.25, 0.3) is 0 Å². The van der Waals surface area contributed by atoms with Gasteiger partial charge in [-0.25, -0.2) is 0 Å². The molecule has 0 aliphatic carbocycles. The molecule has 28 heavy (non-hydrogen) atoms. The van der Waals surface area contributed by atoms with Crippen molar-refractivity contribution in [2.75, 3.05) is 12.8 Å². The lowest BCUT2D eigenvalue weighted by molar-refractivity contribution is -0.111. The Morgan fingerprint density at radius 3 is 2.50 bits per heavy atom. The molecule has 0 saturated carbocycles. The molecule has 5 nitrogen and oxygen atoms in total. The summed E-state index contributed by atoms with van der Waals surface area (Å²) in [5.74, 6) is 0.437. The molecule has 2 aromatic carbocycles. The van der Waals surface area contributed by atoms with Crippen molar-refractivity contribution in [2.45, 2.75) is 12.8 Å². The normalized spacial score (nSPS) is 11.6. The van der Waals surface area contributed by atoms with Crippen LogP contribution in [-0.2, 0) is 17.6 Å². The number of ether oxygens (including phenoxy) is 1. The summed E-state index contributed by atoms with van der Waals surface area (Å²) in [7, 11) is 1.58. The van der Waals surface area contributed by atoms with Gasteiger partial charge in [0.1, 0.15) is 12.0 Å². The minimum atomic E-state index is -0.192. The highest BCUT2D eigenvalue weighted by Gasteiger charge is 2.17. The molecule has 5 heteroatoms. The lowest BCUT2D eigenvalue weighted by Crippen LogP contribution is -2.13. The molecule has 0 amide bonds. The molecule has 0 radical (unpaired) electrons. The molecule has 142 valence electrons. The van der Waals surface area contributed by atoms with Crippen molar-refractivity contribution in [3.8, 4) is 5.75 Å². The van der Waals surface area contributed by atoms with Crippen molar-refractivity contribution in [3.63, 3.8) is 0 Å². The van der Waals surface area contributed by atoms with Crippen molar-refractivity contribution >= 4 is 17.7 Å². The molecule has 0 bridgehead atoms. The number of anilines is 1. The number of aldehydes is 1. The standard InChI is InChI=1S/C23H23N3O2/c1-28-22-14-21(24)20(23(25)18-7-9-26-10-8-18)13-19(22)12-17(15-27)11-16-5-3-2-4-6-16/h2-10,13-15,17,25H,11-12,24H2,1H3. The van der Waals surface area contributed by atoms with Gasteiger partial charge < -0.3 is 15.3 Å². The van der Waals surface area contributed by atoms with Crippen LogP contribution in [0.25, 0.3) is 0 Å². The van der Waals surface area contributed by atoms with Crippen LogP contribution in [0.5, 0.6) is 5.75 Å². The highest BCUT2D eigenvalue weighted by Crippen LogP contribution is 2.29. The number of hydrogen-bond donors (Lipinski definition) is 2. The lowest BCUT2D eigenvalue weighted by atomic mass is 9.91. The minimum absolute atomic E-state index is 0.192. The molecule has 0 aliphatic heterocycles. The number of benzene rings is 2. The Kier molecular flexibility index (Phi) is 6.17. The van der Waals surface area contributed by atoms with E-state index in [4.69, 9.17) is 15.9 Å². The van der Waals surface area contributed by atoms with Gasteiger partial charge in [-0.3, -0.25) is 10.4 Å². The zero-order chi connectivity index (χ0) is 19.9. The summed E-state index contributed by atoms with van der Waals surface area (Å²) in [4.78, 5) is 15.7. The molecule has 1 atom stereocenters. The van der Waals surface area contributed by atoms with Crippen LogP contribution in [-0.4, -0.2) is 24.1 Å². The van der Waals surface area contributed by atoms with Crippen LogP contribution in [0.1, 0.15) is 22.3 Å². The van der Waals surface area contributed by atoms with E-state index in [2.05, 4.69) is 4.98 Å². The summed E-state index contributed by atoms with van der Waals surface area (Å²) in [6, 6.07) is 17.1. The van der Waals surface area contributed by atoms with Crippen LogP contribution in [0.3, 0.4) is 0 Å². The largest absolute Gasteiger partial charge is 0.496 e. The summed E-state index contributed by atoms with van der Waals surface area (Å²) >= 11 is 0. The first-order valence-corrected chi connectivity index (χ1v) is 9.07. The van der Waals surface area contributed by atoms with E-state index in [1.54, 1.807) is 37.7 Å². The van der Waals surface area contributed by atoms with Gasteiger partial charge in [-0.2, -0.15) is 0 Å². The third kappa shape index (κ3) is 4.43. The quantitative estimate of drug-likeness (QED) is 0.358. The van der Waals surface area contributed by atoms with Crippen LogP contribution < -0.4 is 10.5 Å². The number of methoxy groups -OCH3 is 1. The van der Waals surface area contributed by atoms with Crippen molar-refractivity contribution in [1.29, 1.82) is 5.41 Å². The van der Waals surface area contributed by atoms with Gasteiger partial charge in [-0.1, -0.05) is 30.3 Å². The second kappa shape index (κ2) is 8.95. The molecule has 0 spiro atoms. The molecule has 1 heterocycles. The fraction of sp³-hybridized carbons (Fsp3) is 0.174. The Morgan fingerprint density at radius 1 is 1.14 bits per heavy atom. The van der Waals surface area contributed by atoms with Crippen molar-refractivity contribution < 1.29 is 9.53 Å². The van der Waals surface area contributed by atoms with Crippen LogP contribution in [0.15, 0.2) is 67.0 Å². The maximum absolute atomic E-state index is 11.7. The maximum atomic E-state index is 11.7. The van der Waals surface area contributed by atoms with Crippen LogP contribution >= 0.6 is 0 Å². The average Bonchev–Trinajstić information content (AvgIpc) is 2.75. The third-order valence-electron chi connectivity index (χ3n) is 4.71. The van der Waals surface area contributed by atoms with E-state index in [1.807, 2.05) is 36.4 Å². The Morgan fingerprint density at radius 2 is 1.86 bits per heavy atom. The van der Waals surface area contributed by atoms with E-state index >= 15 is 0 Å². The van der Waals surface area contributed by atoms with E-state index < -0.39 is 0 Å². The second-order valence-electron chi connectivity index (χ2n) is 6.65. The number of nitrogens with one attached hydrogen (secondary N) is 1. The highest BCUT2D eigenvalue weighted by molar-refractivity contribution is 6.14. The summed E-state index contributed by atoms with van der Waals surface area (Å²) in [6.45, 7) is 0. The summed E-state index contributed by atoms with van der Waals surface area (Å²) in [5.41, 5.74) is 10.3. The van der Waals surface area contributed by atoms with E-state index in [1.165, 1.54) is 0 Å². The number of nitrogen functional groups attached to an aromatic ring is 1. The topological polar surface area (TPSA) is 89.1 Å². The van der Waals surface area contributed by atoms with Gasteiger partial charge in [0.05, 0.1) is 12.8 Å². The van der Waals surface area contributed by atoms with Crippen LogP contribution in [0, 0.1) is 11.3 Å². The molecule has 3 N–H and O–H groups in total. The van der Waals surface area contributed by atoms with Gasteiger partial charge in [-0.05, 0) is 42.2 Å². The molecule has 1 aromatic heterocycles. The predicted octanol–water partition coefficient (Wildman–Crippen LogP) is 3.69. The first kappa shape index (κ1) is 19.3. The average molecular weight is 373 g/mol. The van der Waals surface area contributed by atoms with Crippen molar-refractivity contribution in [3.05, 3.63) is 89.2 Å². The van der Waals surface area contributed by atoms with Crippen molar-refractivity contribution in [1.82, 2.24) is 4.98 Å². The van der Waals surface area contributed by atoms with Crippen LogP contribution in [0.4, 0.5) is 5.69 Å². The Balaban J connectivity index is 1.91.